The van der Waals surface area contributed by atoms with Gasteiger partial charge in [0.05, 0.1) is 19.3 Å². The molecule has 1 aliphatic heterocycles. The van der Waals surface area contributed by atoms with Crippen LogP contribution in [0.15, 0.2) is 30.3 Å². The van der Waals surface area contributed by atoms with Gasteiger partial charge >= 0.3 is 5.97 Å². The van der Waals surface area contributed by atoms with Crippen molar-refractivity contribution < 1.29 is 24.2 Å². The Morgan fingerprint density at radius 1 is 1.35 bits per heavy atom. The van der Waals surface area contributed by atoms with E-state index in [0.717, 1.165) is 5.75 Å². The molecule has 0 spiro atoms. The minimum atomic E-state index is -1.03. The number of hydrogen-bond acceptors (Lipinski definition) is 4. The Kier molecular flexibility index (Phi) is 5.98. The highest BCUT2D eigenvalue weighted by Crippen LogP contribution is 2.17. The first-order valence-corrected chi connectivity index (χ1v) is 7.82. The first-order valence-electron chi connectivity index (χ1n) is 7.82. The molecular weight excluding hydrogens is 298 g/mol. The van der Waals surface area contributed by atoms with Crippen LogP contribution in [0, 0.1) is 5.92 Å². The van der Waals surface area contributed by atoms with E-state index in [-0.39, 0.29) is 24.5 Å². The maximum atomic E-state index is 12.5. The third-order valence-corrected chi connectivity index (χ3v) is 3.83. The Balaban J connectivity index is 1.82. The summed E-state index contributed by atoms with van der Waals surface area (Å²) in [6.07, 6.45) is -0.644. The van der Waals surface area contributed by atoms with Crippen LogP contribution in [-0.4, -0.2) is 53.8 Å². The summed E-state index contributed by atoms with van der Waals surface area (Å²) in [6, 6.07) is 9.44. The number of morpholine rings is 1. The van der Waals surface area contributed by atoms with Crippen LogP contribution in [0.1, 0.15) is 20.3 Å². The number of carbonyl (C=O) groups is 2. The lowest BCUT2D eigenvalue weighted by Gasteiger charge is -2.36. The molecule has 1 N–H and O–H groups in total. The molecule has 6 nitrogen and oxygen atoms in total. The lowest BCUT2D eigenvalue weighted by atomic mass is 10.1. The van der Waals surface area contributed by atoms with Gasteiger partial charge in [-0.15, -0.1) is 0 Å². The summed E-state index contributed by atoms with van der Waals surface area (Å²) < 4.78 is 10.9. The van der Waals surface area contributed by atoms with E-state index in [1.54, 1.807) is 11.8 Å². The van der Waals surface area contributed by atoms with E-state index in [4.69, 9.17) is 14.6 Å². The number of nitrogens with zero attached hydrogens (tertiary/aromatic N) is 1. The van der Waals surface area contributed by atoms with Crippen LogP contribution in [0.3, 0.4) is 0 Å². The Morgan fingerprint density at radius 2 is 2.04 bits per heavy atom. The summed E-state index contributed by atoms with van der Waals surface area (Å²) in [6.45, 7) is 4.58. The number of carbonyl (C=O) groups excluding carboxylic acids is 1. The maximum absolute atomic E-state index is 12.5. The number of para-hydroxylation sites is 1. The highest BCUT2D eigenvalue weighted by atomic mass is 16.5. The van der Waals surface area contributed by atoms with Gasteiger partial charge in [-0.05, 0) is 25.5 Å². The number of ether oxygens (including phenoxy) is 2. The first-order chi connectivity index (χ1) is 11.0. The van der Waals surface area contributed by atoms with Crippen molar-refractivity contribution in [1.29, 1.82) is 0 Å². The fraction of sp³-hybridized carbons (Fsp3) is 0.529. The van der Waals surface area contributed by atoms with E-state index in [1.807, 2.05) is 37.3 Å². The summed E-state index contributed by atoms with van der Waals surface area (Å²) in [5.41, 5.74) is 0. The predicted molar refractivity (Wildman–Crippen MR) is 84.3 cm³/mol. The molecule has 1 aromatic rings. The van der Waals surface area contributed by atoms with Gasteiger partial charge < -0.3 is 19.5 Å². The largest absolute Gasteiger partial charge is 0.494 e. The maximum Gasteiger partial charge on any atom is 0.334 e. The van der Waals surface area contributed by atoms with Crippen molar-refractivity contribution in [2.75, 3.05) is 19.7 Å². The molecule has 2 rings (SSSR count). The van der Waals surface area contributed by atoms with E-state index < -0.39 is 12.1 Å². The average molecular weight is 321 g/mol. The van der Waals surface area contributed by atoms with Crippen LogP contribution in [-0.2, 0) is 14.3 Å². The summed E-state index contributed by atoms with van der Waals surface area (Å²) >= 11 is 0. The third kappa shape index (κ3) is 4.96. The van der Waals surface area contributed by atoms with Crippen molar-refractivity contribution in [1.82, 2.24) is 4.90 Å². The van der Waals surface area contributed by atoms with Crippen molar-refractivity contribution >= 4 is 11.9 Å². The van der Waals surface area contributed by atoms with Crippen molar-refractivity contribution in [3.05, 3.63) is 30.3 Å². The van der Waals surface area contributed by atoms with E-state index in [9.17, 15) is 9.59 Å². The monoisotopic (exact) mass is 321 g/mol. The van der Waals surface area contributed by atoms with Crippen LogP contribution >= 0.6 is 0 Å². The number of hydrogen-bond donors (Lipinski definition) is 1. The molecule has 0 bridgehead atoms. The zero-order valence-electron chi connectivity index (χ0n) is 13.5. The normalized spacial score (nSPS) is 22.4. The Bertz CT molecular complexity index is 533. The minimum Gasteiger partial charge on any atom is -0.494 e. The van der Waals surface area contributed by atoms with E-state index >= 15 is 0 Å². The zero-order valence-corrected chi connectivity index (χ0v) is 13.5. The molecule has 1 fully saturated rings. The number of carboxylic acids is 1. The van der Waals surface area contributed by atoms with Crippen molar-refractivity contribution in [2.45, 2.75) is 32.5 Å². The molecule has 0 aromatic heterocycles. The molecule has 1 saturated heterocycles. The van der Waals surface area contributed by atoms with Gasteiger partial charge in [-0.1, -0.05) is 25.1 Å². The minimum absolute atomic E-state index is 0.0527. The molecule has 1 amide bonds. The zero-order chi connectivity index (χ0) is 16.8. The first kappa shape index (κ1) is 17.3. The van der Waals surface area contributed by atoms with Crippen molar-refractivity contribution in [2.24, 2.45) is 5.92 Å². The Hall–Kier alpha value is -2.08. The molecule has 2 unspecified atom stereocenters. The summed E-state index contributed by atoms with van der Waals surface area (Å²) in [7, 11) is 0. The second kappa shape index (κ2) is 7.97. The standard InChI is InChI=1S/C17H23NO5/c1-12(8-9-22-14-6-4-3-5-7-14)16(19)18-10-13(2)23-15(11-18)17(20)21/h3-7,12-13,15H,8-11H2,1-2H3,(H,20,21)/t12?,13-,15?/m1/s1. The molecule has 1 aliphatic rings. The Morgan fingerprint density at radius 3 is 2.70 bits per heavy atom. The molecule has 6 heteroatoms. The fourth-order valence-electron chi connectivity index (χ4n) is 2.57. The predicted octanol–water partition coefficient (Wildman–Crippen LogP) is 1.79. The molecule has 0 aliphatic carbocycles. The average Bonchev–Trinajstić information content (AvgIpc) is 2.54. The van der Waals surface area contributed by atoms with Gasteiger partial charge in [0.15, 0.2) is 6.10 Å². The van der Waals surface area contributed by atoms with Gasteiger partial charge in [0.25, 0.3) is 0 Å². The molecule has 23 heavy (non-hydrogen) atoms. The Labute approximate surface area is 136 Å². The molecule has 126 valence electrons. The van der Waals surface area contributed by atoms with E-state index in [1.165, 1.54) is 0 Å². The molecule has 3 atom stereocenters. The topological polar surface area (TPSA) is 76.1 Å². The van der Waals surface area contributed by atoms with Gasteiger partial charge in [0, 0.05) is 12.5 Å². The van der Waals surface area contributed by atoms with Gasteiger partial charge in [0.2, 0.25) is 5.91 Å². The number of rotatable bonds is 6. The van der Waals surface area contributed by atoms with Gasteiger partial charge in [-0.25, -0.2) is 4.79 Å². The lowest BCUT2D eigenvalue weighted by Crippen LogP contribution is -2.53. The smallest absolute Gasteiger partial charge is 0.334 e. The van der Waals surface area contributed by atoms with Crippen LogP contribution in [0.25, 0.3) is 0 Å². The van der Waals surface area contributed by atoms with E-state index in [2.05, 4.69) is 0 Å². The van der Waals surface area contributed by atoms with Crippen molar-refractivity contribution in [3.8, 4) is 5.75 Å². The summed E-state index contributed by atoms with van der Waals surface area (Å²) in [5, 5.41) is 9.08. The van der Waals surface area contributed by atoms with Crippen LogP contribution < -0.4 is 4.74 Å². The second-order valence-corrected chi connectivity index (χ2v) is 5.87. The lowest BCUT2D eigenvalue weighted by molar-refractivity contribution is -0.167. The summed E-state index contributed by atoms with van der Waals surface area (Å²) in [4.78, 5) is 25.1. The molecule has 1 heterocycles. The third-order valence-electron chi connectivity index (χ3n) is 3.83. The van der Waals surface area contributed by atoms with Crippen LogP contribution in [0.4, 0.5) is 0 Å². The number of carboxylic acid groups (broad SMARTS) is 1. The second-order valence-electron chi connectivity index (χ2n) is 5.87. The van der Waals surface area contributed by atoms with E-state index in [0.29, 0.717) is 19.6 Å². The molecule has 0 saturated carbocycles. The SMILES string of the molecule is CC(CCOc1ccccc1)C(=O)N1CC(C(=O)O)O[C@H](C)C1. The van der Waals surface area contributed by atoms with Crippen LogP contribution in [0.5, 0.6) is 5.75 Å². The van der Waals surface area contributed by atoms with Gasteiger partial charge in [-0.2, -0.15) is 0 Å². The number of benzene rings is 1. The highest BCUT2D eigenvalue weighted by molar-refractivity contribution is 5.80. The molecule has 0 radical (unpaired) electrons. The van der Waals surface area contributed by atoms with Gasteiger partial charge in [-0.3, -0.25) is 4.79 Å². The molecule has 1 aromatic carbocycles. The highest BCUT2D eigenvalue weighted by Gasteiger charge is 2.34. The number of amides is 1. The van der Waals surface area contributed by atoms with Gasteiger partial charge in [0.1, 0.15) is 5.75 Å². The molecular formula is C17H23NO5. The van der Waals surface area contributed by atoms with Crippen molar-refractivity contribution in [3.63, 3.8) is 0 Å². The quantitative estimate of drug-likeness (QED) is 0.864. The summed E-state index contributed by atoms with van der Waals surface area (Å²) in [5.74, 6) is -0.533. The number of aliphatic carboxylic acids is 1. The fourth-order valence-corrected chi connectivity index (χ4v) is 2.57. The van der Waals surface area contributed by atoms with Crippen LogP contribution in [0.2, 0.25) is 0 Å².